The Labute approximate surface area is 205 Å². The molecular formula is C27H35F3N2O3. The van der Waals surface area contributed by atoms with E-state index in [1.54, 1.807) is 12.0 Å². The van der Waals surface area contributed by atoms with Crippen LogP contribution >= 0.6 is 0 Å². The molecule has 1 fully saturated rings. The topological polar surface area (TPSA) is 49.9 Å². The summed E-state index contributed by atoms with van der Waals surface area (Å²) in [6, 6.07) is 5.71. The van der Waals surface area contributed by atoms with E-state index in [9.17, 15) is 22.8 Å². The monoisotopic (exact) mass is 492 g/mol. The molecule has 1 aromatic rings. The lowest BCUT2D eigenvalue weighted by molar-refractivity contribution is -0.186. The SMILES string of the molecule is COc1ccc2c(c1)C(C1CCCCC1)N(C(=O)CN(CCC1=CCCC1)C(=O)C(F)(F)F)CC2. The zero-order chi connectivity index (χ0) is 25.0. The van der Waals surface area contributed by atoms with E-state index in [0.29, 0.717) is 30.0 Å². The van der Waals surface area contributed by atoms with Gasteiger partial charge in [-0.25, -0.2) is 0 Å². The second-order valence-corrected chi connectivity index (χ2v) is 9.97. The number of alkyl halides is 3. The molecule has 0 saturated heterocycles. The van der Waals surface area contributed by atoms with Gasteiger partial charge in [-0.3, -0.25) is 9.59 Å². The van der Waals surface area contributed by atoms with Gasteiger partial charge in [-0.05, 0) is 74.1 Å². The molecular weight excluding hydrogens is 457 g/mol. The van der Waals surface area contributed by atoms with E-state index in [4.69, 9.17) is 4.74 Å². The first-order valence-electron chi connectivity index (χ1n) is 12.8. The van der Waals surface area contributed by atoms with Gasteiger partial charge in [0.15, 0.2) is 0 Å². The molecule has 192 valence electrons. The molecule has 0 aromatic heterocycles. The van der Waals surface area contributed by atoms with Crippen molar-refractivity contribution in [2.45, 2.75) is 76.4 Å². The van der Waals surface area contributed by atoms with E-state index >= 15 is 0 Å². The summed E-state index contributed by atoms with van der Waals surface area (Å²) in [5.74, 6) is -1.39. The molecule has 0 bridgehead atoms. The summed E-state index contributed by atoms with van der Waals surface area (Å²) in [6.45, 7) is -0.199. The van der Waals surface area contributed by atoms with Crippen molar-refractivity contribution in [3.63, 3.8) is 0 Å². The number of nitrogens with zero attached hydrogens (tertiary/aromatic N) is 2. The molecule has 35 heavy (non-hydrogen) atoms. The van der Waals surface area contributed by atoms with Crippen LogP contribution in [0.3, 0.4) is 0 Å². The van der Waals surface area contributed by atoms with Gasteiger partial charge in [0, 0.05) is 13.1 Å². The third-order valence-corrected chi connectivity index (χ3v) is 7.74. The van der Waals surface area contributed by atoms with Crippen LogP contribution in [0.2, 0.25) is 0 Å². The first-order valence-corrected chi connectivity index (χ1v) is 12.8. The maximum absolute atomic E-state index is 13.6. The molecule has 0 radical (unpaired) electrons. The Morgan fingerprint density at radius 1 is 1.11 bits per heavy atom. The van der Waals surface area contributed by atoms with E-state index in [1.807, 2.05) is 24.3 Å². The average Bonchev–Trinajstić information content (AvgIpc) is 3.38. The average molecular weight is 493 g/mol. The number of halogens is 3. The summed E-state index contributed by atoms with van der Waals surface area (Å²) in [7, 11) is 1.60. The molecule has 5 nitrogen and oxygen atoms in total. The van der Waals surface area contributed by atoms with E-state index in [0.717, 1.165) is 68.1 Å². The summed E-state index contributed by atoms with van der Waals surface area (Å²) in [5, 5.41) is 0. The first-order chi connectivity index (χ1) is 16.8. The fourth-order valence-electron chi connectivity index (χ4n) is 5.92. The molecule has 3 aliphatic rings. The number of carbonyl (C=O) groups is 2. The molecule has 1 heterocycles. The van der Waals surface area contributed by atoms with Crippen LogP contribution in [0.1, 0.15) is 75.0 Å². The zero-order valence-corrected chi connectivity index (χ0v) is 20.4. The minimum Gasteiger partial charge on any atom is -0.497 e. The van der Waals surface area contributed by atoms with Crippen LogP contribution < -0.4 is 4.74 Å². The van der Waals surface area contributed by atoms with Crippen LogP contribution in [0.5, 0.6) is 5.75 Å². The fraction of sp³-hybridized carbons (Fsp3) is 0.630. The quantitative estimate of drug-likeness (QED) is 0.466. The van der Waals surface area contributed by atoms with Gasteiger partial charge in [0.25, 0.3) is 0 Å². The normalized spacial score (nSPS) is 20.9. The van der Waals surface area contributed by atoms with Gasteiger partial charge in [-0.2, -0.15) is 13.2 Å². The smallest absolute Gasteiger partial charge is 0.471 e. The van der Waals surface area contributed by atoms with Crippen molar-refractivity contribution in [1.82, 2.24) is 9.80 Å². The Morgan fingerprint density at radius 3 is 2.54 bits per heavy atom. The molecule has 1 atom stereocenters. The Morgan fingerprint density at radius 2 is 1.89 bits per heavy atom. The summed E-state index contributed by atoms with van der Waals surface area (Å²) in [6.07, 6.45) is 6.06. The molecule has 4 rings (SSSR count). The van der Waals surface area contributed by atoms with Crippen molar-refractivity contribution in [2.24, 2.45) is 5.92 Å². The Kier molecular flexibility index (Phi) is 8.07. The van der Waals surface area contributed by atoms with Crippen molar-refractivity contribution >= 4 is 11.8 Å². The number of methoxy groups -OCH3 is 1. The number of carbonyl (C=O) groups excluding carboxylic acids is 2. The van der Waals surface area contributed by atoms with Crippen LogP contribution in [-0.2, 0) is 16.0 Å². The van der Waals surface area contributed by atoms with E-state index in [-0.39, 0.29) is 18.5 Å². The Balaban J connectivity index is 1.58. The second-order valence-electron chi connectivity index (χ2n) is 9.97. The summed E-state index contributed by atoms with van der Waals surface area (Å²) in [5.41, 5.74) is 3.25. The van der Waals surface area contributed by atoms with Gasteiger partial charge in [0.2, 0.25) is 5.91 Å². The Hall–Kier alpha value is -2.51. The van der Waals surface area contributed by atoms with Crippen LogP contribution in [0, 0.1) is 5.92 Å². The maximum Gasteiger partial charge on any atom is 0.471 e. The number of allylic oxidation sites excluding steroid dienone is 1. The summed E-state index contributed by atoms with van der Waals surface area (Å²) >= 11 is 0. The van der Waals surface area contributed by atoms with Crippen molar-refractivity contribution in [1.29, 1.82) is 0 Å². The van der Waals surface area contributed by atoms with Crippen LogP contribution in [0.25, 0.3) is 0 Å². The van der Waals surface area contributed by atoms with Crippen LogP contribution in [-0.4, -0.2) is 54.5 Å². The van der Waals surface area contributed by atoms with Gasteiger partial charge in [0.05, 0.1) is 13.2 Å². The first kappa shape index (κ1) is 25.6. The number of hydrogen-bond donors (Lipinski definition) is 0. The molecule has 2 amide bonds. The fourth-order valence-corrected chi connectivity index (χ4v) is 5.92. The summed E-state index contributed by atoms with van der Waals surface area (Å²) < 4.78 is 45.6. The van der Waals surface area contributed by atoms with Gasteiger partial charge in [-0.1, -0.05) is 37.0 Å². The lowest BCUT2D eigenvalue weighted by atomic mass is 9.77. The molecule has 1 aromatic carbocycles. The van der Waals surface area contributed by atoms with Gasteiger partial charge >= 0.3 is 12.1 Å². The molecule has 1 aliphatic heterocycles. The number of amides is 2. The predicted octanol–water partition coefficient (Wildman–Crippen LogP) is 5.59. The van der Waals surface area contributed by atoms with Gasteiger partial charge in [0.1, 0.15) is 12.3 Å². The van der Waals surface area contributed by atoms with E-state index in [2.05, 4.69) is 0 Å². The lowest BCUT2D eigenvalue weighted by Crippen LogP contribution is -2.51. The minimum atomic E-state index is -5.00. The maximum atomic E-state index is 13.6. The molecule has 0 N–H and O–H groups in total. The van der Waals surface area contributed by atoms with E-state index in [1.165, 1.54) is 0 Å². The zero-order valence-electron chi connectivity index (χ0n) is 20.4. The number of fused-ring (bicyclic) bond motifs is 1. The third-order valence-electron chi connectivity index (χ3n) is 7.74. The largest absolute Gasteiger partial charge is 0.497 e. The third kappa shape index (κ3) is 6.01. The standard InChI is InChI=1S/C27H35F3N2O3/c1-35-22-12-11-20-14-16-32(25(23(20)17-22)21-9-3-2-4-10-21)24(33)18-31(26(34)27(28,29)30)15-13-19-7-5-6-8-19/h7,11-12,17,21,25H,2-6,8-10,13-16,18H2,1H3. The second kappa shape index (κ2) is 11.0. The van der Waals surface area contributed by atoms with Gasteiger partial charge < -0.3 is 14.5 Å². The van der Waals surface area contributed by atoms with E-state index < -0.39 is 24.5 Å². The van der Waals surface area contributed by atoms with Crippen molar-refractivity contribution in [2.75, 3.05) is 26.7 Å². The molecule has 0 spiro atoms. The van der Waals surface area contributed by atoms with Crippen molar-refractivity contribution < 1.29 is 27.5 Å². The van der Waals surface area contributed by atoms with Crippen LogP contribution in [0.15, 0.2) is 29.8 Å². The highest BCUT2D eigenvalue weighted by atomic mass is 19.4. The number of rotatable bonds is 7. The van der Waals surface area contributed by atoms with Crippen molar-refractivity contribution in [3.05, 3.63) is 41.0 Å². The predicted molar refractivity (Wildman–Crippen MR) is 127 cm³/mol. The Bertz CT molecular complexity index is 953. The molecule has 1 saturated carbocycles. The number of benzene rings is 1. The molecule has 8 heteroatoms. The highest BCUT2D eigenvalue weighted by Crippen LogP contribution is 2.43. The molecule has 2 aliphatic carbocycles. The number of hydrogen-bond acceptors (Lipinski definition) is 3. The number of ether oxygens (including phenoxy) is 1. The molecule has 1 unspecified atom stereocenters. The highest BCUT2D eigenvalue weighted by molar-refractivity contribution is 5.88. The lowest BCUT2D eigenvalue weighted by Gasteiger charge is -2.43. The summed E-state index contributed by atoms with van der Waals surface area (Å²) in [4.78, 5) is 28.3. The van der Waals surface area contributed by atoms with Gasteiger partial charge in [-0.15, -0.1) is 0 Å². The van der Waals surface area contributed by atoms with Crippen LogP contribution in [0.4, 0.5) is 13.2 Å². The minimum absolute atomic E-state index is 0.0950. The van der Waals surface area contributed by atoms with Crippen molar-refractivity contribution in [3.8, 4) is 5.75 Å². The highest BCUT2D eigenvalue weighted by Gasteiger charge is 2.44.